The molecule has 0 atom stereocenters. The van der Waals surface area contributed by atoms with Crippen LogP contribution in [0.15, 0.2) is 18.2 Å². The molecule has 1 N–H and O–H groups in total. The van der Waals surface area contributed by atoms with Crippen LogP contribution in [0.4, 0.5) is 0 Å². The van der Waals surface area contributed by atoms with Crippen LogP contribution in [-0.2, 0) is 24.6 Å². The summed E-state index contributed by atoms with van der Waals surface area (Å²) in [6, 6.07) is 6.07. The molecule has 1 aromatic carbocycles. The minimum atomic E-state index is -0.0141. The standard InChI is InChI=1S/C15H19NO3S/c1-10-5-4-6-11(2)15(10)19-9-14-16-12(8-18-3)13(7-17)20-14/h4-6,17H,7-9H2,1-3H3. The molecule has 2 aromatic rings. The van der Waals surface area contributed by atoms with E-state index in [4.69, 9.17) is 9.47 Å². The molecule has 4 nitrogen and oxygen atoms in total. The number of rotatable bonds is 6. The second-order valence-corrected chi connectivity index (χ2v) is 5.75. The quantitative estimate of drug-likeness (QED) is 0.889. The number of thiazole rings is 1. The molecule has 0 aliphatic heterocycles. The maximum atomic E-state index is 9.31. The van der Waals surface area contributed by atoms with Crippen molar-refractivity contribution >= 4 is 11.3 Å². The topological polar surface area (TPSA) is 51.6 Å². The average Bonchev–Trinajstić information content (AvgIpc) is 2.81. The summed E-state index contributed by atoms with van der Waals surface area (Å²) in [6.07, 6.45) is 0. The average molecular weight is 293 g/mol. The molecule has 0 bridgehead atoms. The summed E-state index contributed by atoms with van der Waals surface area (Å²) in [5, 5.41) is 10.2. The van der Waals surface area contributed by atoms with Crippen LogP contribution in [0, 0.1) is 13.8 Å². The van der Waals surface area contributed by atoms with Gasteiger partial charge in [0.25, 0.3) is 0 Å². The Hall–Kier alpha value is -1.43. The Balaban J connectivity index is 2.11. The second kappa shape index (κ2) is 6.83. The highest BCUT2D eigenvalue weighted by Gasteiger charge is 2.11. The number of ether oxygens (including phenoxy) is 2. The highest BCUT2D eigenvalue weighted by atomic mass is 32.1. The summed E-state index contributed by atoms with van der Waals surface area (Å²) in [5.41, 5.74) is 3.02. The van der Waals surface area contributed by atoms with Crippen LogP contribution in [0.25, 0.3) is 0 Å². The molecule has 5 heteroatoms. The van der Waals surface area contributed by atoms with E-state index in [1.807, 2.05) is 32.0 Å². The zero-order valence-corrected chi connectivity index (χ0v) is 12.8. The van der Waals surface area contributed by atoms with Crippen molar-refractivity contribution in [1.82, 2.24) is 4.98 Å². The molecule has 1 aromatic heterocycles. The summed E-state index contributed by atoms with van der Waals surface area (Å²) >= 11 is 1.46. The zero-order chi connectivity index (χ0) is 14.5. The van der Waals surface area contributed by atoms with E-state index in [1.54, 1.807) is 7.11 Å². The van der Waals surface area contributed by atoms with Gasteiger partial charge in [0.1, 0.15) is 17.4 Å². The Morgan fingerprint density at radius 2 is 1.90 bits per heavy atom. The van der Waals surface area contributed by atoms with Gasteiger partial charge in [-0.05, 0) is 25.0 Å². The van der Waals surface area contributed by atoms with Crippen molar-refractivity contribution in [1.29, 1.82) is 0 Å². The first kappa shape index (κ1) is 15.0. The number of methoxy groups -OCH3 is 1. The fourth-order valence-corrected chi connectivity index (χ4v) is 2.88. The van der Waals surface area contributed by atoms with Crippen molar-refractivity contribution < 1.29 is 14.6 Å². The lowest BCUT2D eigenvalue weighted by molar-refractivity contribution is 0.178. The predicted molar refractivity (Wildman–Crippen MR) is 79.0 cm³/mol. The zero-order valence-electron chi connectivity index (χ0n) is 12.0. The van der Waals surface area contributed by atoms with Gasteiger partial charge >= 0.3 is 0 Å². The molecule has 0 radical (unpaired) electrons. The van der Waals surface area contributed by atoms with Gasteiger partial charge in [0.2, 0.25) is 0 Å². The molecule has 0 amide bonds. The Bertz CT molecular complexity index is 560. The van der Waals surface area contributed by atoms with Crippen LogP contribution in [0.3, 0.4) is 0 Å². The molecule has 0 unspecified atom stereocenters. The number of aliphatic hydroxyl groups is 1. The maximum absolute atomic E-state index is 9.31. The third kappa shape index (κ3) is 3.36. The minimum absolute atomic E-state index is 0.0141. The lowest BCUT2D eigenvalue weighted by Crippen LogP contribution is -1.99. The van der Waals surface area contributed by atoms with Gasteiger partial charge in [-0.2, -0.15) is 0 Å². The third-order valence-corrected chi connectivity index (χ3v) is 4.05. The Kier molecular flexibility index (Phi) is 5.11. The number of aryl methyl sites for hydroxylation is 2. The van der Waals surface area contributed by atoms with Crippen molar-refractivity contribution in [3.8, 4) is 5.75 Å². The number of aliphatic hydroxyl groups excluding tert-OH is 1. The van der Waals surface area contributed by atoms with Gasteiger partial charge in [0.15, 0.2) is 0 Å². The van der Waals surface area contributed by atoms with Crippen molar-refractivity contribution in [2.45, 2.75) is 33.7 Å². The van der Waals surface area contributed by atoms with Crippen LogP contribution >= 0.6 is 11.3 Å². The van der Waals surface area contributed by atoms with E-state index in [9.17, 15) is 5.11 Å². The molecule has 108 valence electrons. The van der Waals surface area contributed by atoms with Gasteiger partial charge in [-0.15, -0.1) is 11.3 Å². The summed E-state index contributed by atoms with van der Waals surface area (Å²) < 4.78 is 10.9. The van der Waals surface area contributed by atoms with E-state index in [1.165, 1.54) is 11.3 Å². The number of aromatic nitrogens is 1. The first-order valence-corrected chi connectivity index (χ1v) is 7.23. The van der Waals surface area contributed by atoms with Gasteiger partial charge < -0.3 is 14.6 Å². The number of hydrogen-bond acceptors (Lipinski definition) is 5. The largest absolute Gasteiger partial charge is 0.486 e. The van der Waals surface area contributed by atoms with Gasteiger partial charge in [-0.3, -0.25) is 0 Å². The molecule has 0 saturated carbocycles. The van der Waals surface area contributed by atoms with Gasteiger partial charge in [0, 0.05) is 7.11 Å². The fraction of sp³-hybridized carbons (Fsp3) is 0.400. The molecule has 2 rings (SSSR count). The summed E-state index contributed by atoms with van der Waals surface area (Å²) in [6.45, 7) is 4.86. The smallest absolute Gasteiger partial charge is 0.140 e. The highest BCUT2D eigenvalue weighted by Crippen LogP contribution is 2.25. The van der Waals surface area contributed by atoms with E-state index in [-0.39, 0.29) is 6.61 Å². The number of benzene rings is 1. The Morgan fingerprint density at radius 3 is 2.50 bits per heavy atom. The number of para-hydroxylation sites is 1. The SMILES string of the molecule is COCc1nc(COc2c(C)cccc2C)sc1CO. The molecule has 0 aliphatic rings. The predicted octanol–water partition coefficient (Wildman–Crippen LogP) is 2.98. The van der Waals surface area contributed by atoms with Gasteiger partial charge in [0.05, 0.1) is 23.8 Å². The maximum Gasteiger partial charge on any atom is 0.140 e. The summed E-state index contributed by atoms with van der Waals surface area (Å²) in [5.74, 6) is 0.904. The van der Waals surface area contributed by atoms with Crippen molar-refractivity contribution in [3.05, 3.63) is 44.9 Å². The van der Waals surface area contributed by atoms with Crippen molar-refractivity contribution in [2.75, 3.05) is 7.11 Å². The Labute approximate surface area is 123 Å². The minimum Gasteiger partial charge on any atom is -0.486 e. The molecule has 0 fully saturated rings. The van der Waals surface area contributed by atoms with Gasteiger partial charge in [-0.25, -0.2) is 4.98 Å². The first-order valence-electron chi connectivity index (χ1n) is 6.42. The molecular weight excluding hydrogens is 274 g/mol. The van der Waals surface area contributed by atoms with Crippen molar-refractivity contribution in [2.24, 2.45) is 0 Å². The van der Waals surface area contributed by atoms with Gasteiger partial charge in [-0.1, -0.05) is 18.2 Å². The molecule has 1 heterocycles. The van der Waals surface area contributed by atoms with Crippen LogP contribution in [0.5, 0.6) is 5.75 Å². The Morgan fingerprint density at radius 1 is 1.20 bits per heavy atom. The molecule has 0 aliphatic carbocycles. The summed E-state index contributed by atoms with van der Waals surface area (Å²) in [4.78, 5) is 5.29. The highest BCUT2D eigenvalue weighted by molar-refractivity contribution is 7.11. The van der Waals surface area contributed by atoms with E-state index in [0.717, 1.165) is 32.5 Å². The van der Waals surface area contributed by atoms with Crippen molar-refractivity contribution in [3.63, 3.8) is 0 Å². The van der Waals surface area contributed by atoms with E-state index in [0.29, 0.717) is 13.2 Å². The third-order valence-electron chi connectivity index (χ3n) is 3.00. The van der Waals surface area contributed by atoms with E-state index in [2.05, 4.69) is 4.98 Å². The lowest BCUT2D eigenvalue weighted by atomic mass is 10.1. The van der Waals surface area contributed by atoms with E-state index >= 15 is 0 Å². The first-order chi connectivity index (χ1) is 9.65. The van der Waals surface area contributed by atoms with Crippen LogP contribution < -0.4 is 4.74 Å². The molecular formula is C15H19NO3S. The summed E-state index contributed by atoms with van der Waals surface area (Å²) in [7, 11) is 1.62. The molecule has 0 saturated heterocycles. The van der Waals surface area contributed by atoms with E-state index < -0.39 is 0 Å². The molecule has 20 heavy (non-hydrogen) atoms. The monoisotopic (exact) mass is 293 g/mol. The lowest BCUT2D eigenvalue weighted by Gasteiger charge is -2.10. The number of nitrogens with zero attached hydrogens (tertiary/aromatic N) is 1. The number of hydrogen-bond donors (Lipinski definition) is 1. The second-order valence-electron chi connectivity index (χ2n) is 4.58. The molecule has 0 spiro atoms. The van der Waals surface area contributed by atoms with Crippen LogP contribution in [0.2, 0.25) is 0 Å². The van der Waals surface area contributed by atoms with Crippen LogP contribution in [-0.4, -0.2) is 17.2 Å². The fourth-order valence-electron chi connectivity index (χ4n) is 2.03. The van der Waals surface area contributed by atoms with Crippen LogP contribution in [0.1, 0.15) is 26.7 Å². The normalized spacial score (nSPS) is 10.8.